The first-order valence-electron chi connectivity index (χ1n) is 7.64. The molecule has 3 N–H and O–H groups in total. The van der Waals surface area contributed by atoms with Crippen molar-refractivity contribution in [2.75, 3.05) is 49.2 Å². The van der Waals surface area contributed by atoms with Crippen LogP contribution in [-0.4, -0.2) is 43.1 Å². The molecule has 2 heterocycles. The summed E-state index contributed by atoms with van der Waals surface area (Å²) < 4.78 is 0. The first kappa shape index (κ1) is 14.7. The number of hydrogen-bond donors (Lipinski definition) is 2. The maximum absolute atomic E-state index is 5.99. The lowest BCUT2D eigenvalue weighted by molar-refractivity contribution is 0.313. The van der Waals surface area contributed by atoms with E-state index in [1.54, 1.807) is 0 Å². The van der Waals surface area contributed by atoms with Crippen molar-refractivity contribution < 1.29 is 0 Å². The average Bonchev–Trinajstić information content (AvgIpc) is 2.52. The molecule has 0 radical (unpaired) electrons. The van der Waals surface area contributed by atoms with Crippen molar-refractivity contribution in [3.8, 4) is 0 Å². The predicted octanol–water partition coefficient (Wildman–Crippen LogP) is 2.47. The van der Waals surface area contributed by atoms with Crippen molar-refractivity contribution in [1.29, 1.82) is 0 Å². The number of nitrogens with one attached hydrogen (secondary N) is 1. The number of benzene rings is 1. The third-order valence-corrected chi connectivity index (χ3v) is 4.05. The topological polar surface area (TPSA) is 57.4 Å². The molecule has 1 saturated heterocycles. The lowest BCUT2D eigenvalue weighted by Gasteiger charge is -2.34. The van der Waals surface area contributed by atoms with Gasteiger partial charge in [0.2, 0.25) is 0 Å². The zero-order valence-corrected chi connectivity index (χ0v) is 13.2. The lowest BCUT2D eigenvalue weighted by atomic mass is 10.2. The Morgan fingerprint density at radius 1 is 1.09 bits per heavy atom. The maximum atomic E-state index is 5.99. The normalized spacial score (nSPS) is 15.8. The molecule has 0 spiro atoms. The molecule has 0 aliphatic carbocycles. The van der Waals surface area contributed by atoms with Gasteiger partial charge in [0.25, 0.3) is 0 Å². The summed E-state index contributed by atoms with van der Waals surface area (Å²) in [5.74, 6) is 0.706. The van der Waals surface area contributed by atoms with Gasteiger partial charge in [-0.1, -0.05) is 0 Å². The first-order chi connectivity index (χ1) is 10.6. The minimum Gasteiger partial charge on any atom is -0.396 e. The Balaban J connectivity index is 1.69. The Hall–Kier alpha value is -2.27. The Morgan fingerprint density at radius 2 is 1.77 bits per heavy atom. The fourth-order valence-electron chi connectivity index (χ4n) is 2.65. The molecule has 0 bridgehead atoms. The summed E-state index contributed by atoms with van der Waals surface area (Å²) in [6, 6.07) is 10.4. The molecule has 116 valence electrons. The molecular weight excluding hydrogens is 274 g/mol. The highest BCUT2D eigenvalue weighted by Gasteiger charge is 2.14. The van der Waals surface area contributed by atoms with E-state index in [9.17, 15) is 0 Å². The number of likely N-dealkylation sites (N-methyl/N-ethyl adjacent to an activating group) is 1. The fourth-order valence-corrected chi connectivity index (χ4v) is 2.65. The van der Waals surface area contributed by atoms with Gasteiger partial charge < -0.3 is 20.9 Å². The highest BCUT2D eigenvalue weighted by molar-refractivity contribution is 5.70. The molecule has 1 aromatic heterocycles. The van der Waals surface area contributed by atoms with Crippen LogP contribution < -0.4 is 16.0 Å². The Morgan fingerprint density at radius 3 is 2.41 bits per heavy atom. The standard InChI is InChI=1S/C17H23N5/c1-13-11-16(18)17(19-12-13)20-14-3-5-15(6-4-14)22-9-7-21(2)8-10-22/h3-6,11-12H,7-10,18H2,1-2H3,(H,19,20). The molecule has 5 heteroatoms. The van der Waals surface area contributed by atoms with Gasteiger partial charge >= 0.3 is 0 Å². The third-order valence-electron chi connectivity index (χ3n) is 4.05. The molecule has 1 fully saturated rings. The SMILES string of the molecule is Cc1cnc(Nc2ccc(N3CCN(C)CC3)cc2)c(N)c1. The van der Waals surface area contributed by atoms with E-state index in [1.165, 1.54) is 5.69 Å². The number of aryl methyl sites for hydroxylation is 1. The van der Waals surface area contributed by atoms with E-state index in [0.717, 1.165) is 37.4 Å². The van der Waals surface area contributed by atoms with Crippen LogP contribution in [-0.2, 0) is 0 Å². The molecule has 1 aliphatic heterocycles. The van der Waals surface area contributed by atoms with Crippen molar-refractivity contribution in [3.05, 3.63) is 42.1 Å². The molecule has 0 unspecified atom stereocenters. The minimum atomic E-state index is 0.670. The third kappa shape index (κ3) is 3.31. The second-order valence-corrected chi connectivity index (χ2v) is 5.91. The quantitative estimate of drug-likeness (QED) is 0.911. The summed E-state index contributed by atoms with van der Waals surface area (Å²) in [5.41, 5.74) is 9.99. The van der Waals surface area contributed by atoms with Crippen LogP contribution in [0.1, 0.15) is 5.56 Å². The number of nitrogens with two attached hydrogens (primary N) is 1. The number of aromatic nitrogens is 1. The van der Waals surface area contributed by atoms with Crippen LogP contribution in [0.2, 0.25) is 0 Å². The van der Waals surface area contributed by atoms with Gasteiger partial charge in [0.15, 0.2) is 5.82 Å². The van der Waals surface area contributed by atoms with Crippen molar-refractivity contribution in [3.63, 3.8) is 0 Å². The molecule has 0 saturated carbocycles. The number of anilines is 4. The molecule has 1 aliphatic rings. The van der Waals surface area contributed by atoms with Gasteiger partial charge in [0, 0.05) is 43.8 Å². The van der Waals surface area contributed by atoms with Crippen LogP contribution in [0, 0.1) is 6.92 Å². The van der Waals surface area contributed by atoms with Gasteiger partial charge in [-0.2, -0.15) is 0 Å². The highest BCUT2D eigenvalue weighted by atomic mass is 15.2. The minimum absolute atomic E-state index is 0.670. The maximum Gasteiger partial charge on any atom is 0.153 e. The summed E-state index contributed by atoms with van der Waals surface area (Å²) in [4.78, 5) is 9.12. The summed E-state index contributed by atoms with van der Waals surface area (Å²) in [6.07, 6.45) is 1.82. The molecule has 5 nitrogen and oxygen atoms in total. The van der Waals surface area contributed by atoms with Gasteiger partial charge in [-0.15, -0.1) is 0 Å². The number of rotatable bonds is 3. The second kappa shape index (κ2) is 6.23. The van der Waals surface area contributed by atoms with Crippen LogP contribution in [0.5, 0.6) is 0 Å². The number of nitrogen functional groups attached to an aromatic ring is 1. The number of piperazine rings is 1. The van der Waals surface area contributed by atoms with Crippen LogP contribution in [0.3, 0.4) is 0 Å². The Bertz CT molecular complexity index is 630. The van der Waals surface area contributed by atoms with E-state index >= 15 is 0 Å². The van der Waals surface area contributed by atoms with Gasteiger partial charge in [-0.05, 0) is 49.9 Å². The number of pyridine rings is 1. The fraction of sp³-hybridized carbons (Fsp3) is 0.353. The first-order valence-corrected chi connectivity index (χ1v) is 7.64. The smallest absolute Gasteiger partial charge is 0.153 e. The van der Waals surface area contributed by atoms with Crippen LogP contribution in [0.15, 0.2) is 36.5 Å². The van der Waals surface area contributed by atoms with Gasteiger partial charge in [-0.3, -0.25) is 0 Å². The summed E-state index contributed by atoms with van der Waals surface area (Å²) >= 11 is 0. The summed E-state index contributed by atoms with van der Waals surface area (Å²) in [6.45, 7) is 6.37. The van der Waals surface area contributed by atoms with Crippen LogP contribution in [0.4, 0.5) is 22.9 Å². The largest absolute Gasteiger partial charge is 0.396 e. The van der Waals surface area contributed by atoms with E-state index in [1.807, 2.05) is 19.2 Å². The van der Waals surface area contributed by atoms with Crippen molar-refractivity contribution in [2.45, 2.75) is 6.92 Å². The molecule has 0 atom stereocenters. The Labute approximate surface area is 131 Å². The van der Waals surface area contributed by atoms with Crippen molar-refractivity contribution in [1.82, 2.24) is 9.88 Å². The molecule has 22 heavy (non-hydrogen) atoms. The zero-order valence-electron chi connectivity index (χ0n) is 13.2. The highest BCUT2D eigenvalue weighted by Crippen LogP contribution is 2.24. The summed E-state index contributed by atoms with van der Waals surface area (Å²) in [7, 11) is 2.17. The number of hydrogen-bond acceptors (Lipinski definition) is 5. The van der Waals surface area contributed by atoms with Crippen LogP contribution >= 0.6 is 0 Å². The van der Waals surface area contributed by atoms with E-state index in [2.05, 4.69) is 51.4 Å². The van der Waals surface area contributed by atoms with E-state index < -0.39 is 0 Å². The monoisotopic (exact) mass is 297 g/mol. The van der Waals surface area contributed by atoms with Crippen molar-refractivity contribution >= 4 is 22.9 Å². The molecule has 0 amide bonds. The average molecular weight is 297 g/mol. The summed E-state index contributed by atoms with van der Waals surface area (Å²) in [5, 5.41) is 3.27. The number of nitrogens with zero attached hydrogens (tertiary/aromatic N) is 3. The lowest BCUT2D eigenvalue weighted by Crippen LogP contribution is -2.44. The van der Waals surface area contributed by atoms with Gasteiger partial charge in [-0.25, -0.2) is 4.98 Å². The second-order valence-electron chi connectivity index (χ2n) is 5.91. The van der Waals surface area contributed by atoms with E-state index in [-0.39, 0.29) is 0 Å². The molecule has 2 aromatic rings. The van der Waals surface area contributed by atoms with E-state index in [4.69, 9.17) is 5.73 Å². The molecule has 1 aromatic carbocycles. The van der Waals surface area contributed by atoms with Gasteiger partial charge in [0.05, 0.1) is 5.69 Å². The van der Waals surface area contributed by atoms with Crippen molar-refractivity contribution in [2.24, 2.45) is 0 Å². The van der Waals surface area contributed by atoms with Gasteiger partial charge in [0.1, 0.15) is 0 Å². The molecular formula is C17H23N5. The van der Waals surface area contributed by atoms with Crippen LogP contribution in [0.25, 0.3) is 0 Å². The van der Waals surface area contributed by atoms with E-state index in [0.29, 0.717) is 11.5 Å². The molecule has 3 rings (SSSR count). The predicted molar refractivity (Wildman–Crippen MR) is 92.8 cm³/mol. The zero-order chi connectivity index (χ0) is 15.5. The Kier molecular flexibility index (Phi) is 4.15.